The van der Waals surface area contributed by atoms with Crippen LogP contribution in [0.1, 0.15) is 39.5 Å². The summed E-state index contributed by atoms with van der Waals surface area (Å²) in [5.41, 5.74) is 2.22. The Balaban J connectivity index is 1.99. The number of thioether (sulfide) groups is 1. The molecule has 0 fully saturated rings. The largest absolute Gasteiger partial charge is 0.175 e. The molecule has 1 aliphatic heterocycles. The van der Waals surface area contributed by atoms with Gasteiger partial charge in [0.1, 0.15) is 0 Å². The molecular formula is C13H22S2. The van der Waals surface area contributed by atoms with Crippen molar-refractivity contribution in [3.05, 3.63) is 11.6 Å². The maximum atomic E-state index is 2.57. The summed E-state index contributed by atoms with van der Waals surface area (Å²) < 4.78 is 2.52. The van der Waals surface area contributed by atoms with Gasteiger partial charge in [-0.1, -0.05) is 25.5 Å². The zero-order valence-electron chi connectivity index (χ0n) is 9.92. The summed E-state index contributed by atoms with van der Waals surface area (Å²) in [6, 6.07) is 0. The fourth-order valence-corrected chi connectivity index (χ4v) is 6.12. The van der Waals surface area contributed by atoms with Gasteiger partial charge in [0.05, 0.1) is 0 Å². The third kappa shape index (κ3) is 3.67. The minimum atomic E-state index is 0.472. The molecule has 0 saturated heterocycles. The highest BCUT2D eigenvalue weighted by Crippen LogP contribution is 2.36. The molecule has 1 atom stereocenters. The molecule has 0 radical (unpaired) electrons. The van der Waals surface area contributed by atoms with E-state index in [2.05, 4.69) is 36.4 Å². The van der Waals surface area contributed by atoms with E-state index in [9.17, 15) is 0 Å². The molecule has 0 aromatic carbocycles. The standard InChI is InChI=1S/C13H22S2/c1-13(2)6-3-5-12(9-13)10-15-8-4-7-14-11-15/h9,11H,3-8,10H2,1-2H3. The lowest BCUT2D eigenvalue weighted by molar-refractivity contribution is 0.398. The van der Waals surface area contributed by atoms with E-state index >= 15 is 0 Å². The zero-order valence-corrected chi connectivity index (χ0v) is 11.6. The Morgan fingerprint density at radius 3 is 2.93 bits per heavy atom. The van der Waals surface area contributed by atoms with Gasteiger partial charge in [0.15, 0.2) is 0 Å². The van der Waals surface area contributed by atoms with Crippen molar-refractivity contribution in [2.45, 2.75) is 39.5 Å². The molecule has 1 heterocycles. The summed E-state index contributed by atoms with van der Waals surface area (Å²) in [6.07, 6.45) is 8.15. The second-order valence-electron chi connectivity index (χ2n) is 5.35. The molecule has 15 heavy (non-hydrogen) atoms. The van der Waals surface area contributed by atoms with E-state index in [0.717, 1.165) is 0 Å². The van der Waals surface area contributed by atoms with Gasteiger partial charge in [-0.3, -0.25) is 0 Å². The Hall–Kier alpha value is 0.310. The average Bonchev–Trinajstić information content (AvgIpc) is 2.17. The third-order valence-electron chi connectivity index (χ3n) is 3.16. The van der Waals surface area contributed by atoms with Crippen LogP contribution in [0.2, 0.25) is 0 Å². The number of allylic oxidation sites excluding steroid dienone is 1. The van der Waals surface area contributed by atoms with Crippen molar-refractivity contribution in [2.24, 2.45) is 5.41 Å². The quantitative estimate of drug-likeness (QED) is 0.514. The normalized spacial score (nSPS) is 30.5. The lowest BCUT2D eigenvalue weighted by atomic mass is 9.80. The Labute approximate surface area is 101 Å². The smallest absolute Gasteiger partial charge is 0.00981 e. The fraction of sp³-hybridized carbons (Fsp3) is 0.769. The first-order valence-electron chi connectivity index (χ1n) is 5.98. The molecule has 0 N–H and O–H groups in total. The van der Waals surface area contributed by atoms with Gasteiger partial charge in [-0.2, -0.15) is 10.5 Å². The van der Waals surface area contributed by atoms with Crippen LogP contribution >= 0.6 is 22.2 Å². The molecule has 0 bridgehead atoms. The van der Waals surface area contributed by atoms with Crippen LogP contribution < -0.4 is 0 Å². The van der Waals surface area contributed by atoms with Crippen molar-refractivity contribution in [2.75, 3.05) is 17.3 Å². The molecule has 0 aromatic heterocycles. The summed E-state index contributed by atoms with van der Waals surface area (Å²) >= 11 is 2.05. The molecule has 2 rings (SSSR count). The molecule has 2 heteroatoms. The van der Waals surface area contributed by atoms with Gasteiger partial charge in [0.2, 0.25) is 0 Å². The van der Waals surface area contributed by atoms with Crippen LogP contribution in [0.4, 0.5) is 0 Å². The highest BCUT2D eigenvalue weighted by atomic mass is 32.2. The van der Waals surface area contributed by atoms with Gasteiger partial charge in [-0.25, -0.2) is 0 Å². The molecule has 0 aromatic rings. The lowest BCUT2D eigenvalue weighted by Crippen LogP contribution is -2.14. The van der Waals surface area contributed by atoms with E-state index in [1.807, 2.05) is 0 Å². The lowest BCUT2D eigenvalue weighted by Gasteiger charge is -2.28. The van der Waals surface area contributed by atoms with Gasteiger partial charge in [-0.15, -0.1) is 11.8 Å². The molecule has 0 saturated carbocycles. The highest BCUT2D eigenvalue weighted by molar-refractivity contribution is 8.32. The summed E-state index contributed by atoms with van der Waals surface area (Å²) in [7, 11) is 0.594. The van der Waals surface area contributed by atoms with Crippen molar-refractivity contribution in [1.29, 1.82) is 0 Å². The first-order valence-corrected chi connectivity index (χ1v) is 8.65. The van der Waals surface area contributed by atoms with E-state index in [0.29, 0.717) is 15.9 Å². The number of rotatable bonds is 2. The van der Waals surface area contributed by atoms with Gasteiger partial charge in [0, 0.05) is 5.75 Å². The van der Waals surface area contributed by atoms with Crippen molar-refractivity contribution >= 4 is 26.9 Å². The monoisotopic (exact) mass is 242 g/mol. The van der Waals surface area contributed by atoms with E-state index in [-0.39, 0.29) is 0 Å². The second-order valence-corrected chi connectivity index (χ2v) is 8.63. The van der Waals surface area contributed by atoms with Crippen LogP contribution in [0.25, 0.3) is 0 Å². The summed E-state index contributed by atoms with van der Waals surface area (Å²) in [5.74, 6) is 4.18. The van der Waals surface area contributed by atoms with Gasteiger partial charge in [0.25, 0.3) is 0 Å². The van der Waals surface area contributed by atoms with Crippen LogP contribution in [-0.4, -0.2) is 22.0 Å². The Morgan fingerprint density at radius 2 is 2.27 bits per heavy atom. The first kappa shape index (κ1) is 11.8. The zero-order chi connectivity index (χ0) is 10.7. The third-order valence-corrected chi connectivity index (χ3v) is 6.87. The minimum absolute atomic E-state index is 0.472. The first-order chi connectivity index (χ1) is 7.16. The predicted octanol–water partition coefficient (Wildman–Crippen LogP) is 4.29. The minimum Gasteiger partial charge on any atom is -0.175 e. The second kappa shape index (κ2) is 5.09. The Kier molecular flexibility index (Phi) is 4.00. The van der Waals surface area contributed by atoms with Crippen LogP contribution in [0.15, 0.2) is 11.6 Å². The van der Waals surface area contributed by atoms with Crippen LogP contribution in [0, 0.1) is 5.41 Å². The topological polar surface area (TPSA) is 0 Å². The molecule has 1 unspecified atom stereocenters. The van der Waals surface area contributed by atoms with Gasteiger partial charge < -0.3 is 0 Å². The summed E-state index contributed by atoms with van der Waals surface area (Å²) in [6.45, 7) is 4.77. The SMILES string of the molecule is CC1(C)C=C(CS2=CSCCC2)CCC1. The average molecular weight is 242 g/mol. The fourth-order valence-electron chi connectivity index (χ4n) is 2.45. The number of hydrogen-bond donors (Lipinski definition) is 0. The van der Waals surface area contributed by atoms with E-state index in [1.54, 1.807) is 5.57 Å². The molecule has 0 amide bonds. The maximum absolute atomic E-state index is 2.57. The van der Waals surface area contributed by atoms with Crippen LogP contribution in [0.5, 0.6) is 0 Å². The summed E-state index contributed by atoms with van der Waals surface area (Å²) in [5, 5.41) is 0. The highest BCUT2D eigenvalue weighted by Gasteiger charge is 2.20. The van der Waals surface area contributed by atoms with E-state index in [1.165, 1.54) is 42.9 Å². The van der Waals surface area contributed by atoms with Gasteiger partial charge >= 0.3 is 0 Å². The molecule has 86 valence electrons. The molecule has 2 aliphatic rings. The van der Waals surface area contributed by atoms with E-state index in [4.69, 9.17) is 0 Å². The van der Waals surface area contributed by atoms with Crippen molar-refractivity contribution in [3.63, 3.8) is 0 Å². The van der Waals surface area contributed by atoms with E-state index < -0.39 is 0 Å². The van der Waals surface area contributed by atoms with Crippen LogP contribution in [0.3, 0.4) is 0 Å². The van der Waals surface area contributed by atoms with Crippen molar-refractivity contribution in [1.82, 2.24) is 0 Å². The Morgan fingerprint density at radius 1 is 1.40 bits per heavy atom. The molecule has 1 aliphatic carbocycles. The van der Waals surface area contributed by atoms with Crippen LogP contribution in [-0.2, 0) is 0 Å². The Bertz CT molecular complexity index is 287. The maximum Gasteiger partial charge on any atom is 0.00981 e. The van der Waals surface area contributed by atoms with Gasteiger partial charge in [-0.05, 0) is 47.3 Å². The molecular weight excluding hydrogens is 220 g/mol. The number of hydrogen-bond acceptors (Lipinski definition) is 1. The van der Waals surface area contributed by atoms with Crippen molar-refractivity contribution in [3.8, 4) is 0 Å². The predicted molar refractivity (Wildman–Crippen MR) is 76.2 cm³/mol. The summed E-state index contributed by atoms with van der Waals surface area (Å²) in [4.78, 5) is 0. The molecule has 0 spiro atoms. The molecule has 0 nitrogen and oxygen atoms in total. The van der Waals surface area contributed by atoms with Crippen molar-refractivity contribution < 1.29 is 0 Å².